The van der Waals surface area contributed by atoms with Gasteiger partial charge in [-0.3, -0.25) is 14.5 Å². The topological polar surface area (TPSA) is 55.9 Å². The summed E-state index contributed by atoms with van der Waals surface area (Å²) < 4.78 is 0. The van der Waals surface area contributed by atoms with Crippen molar-refractivity contribution in [3.63, 3.8) is 0 Å². The summed E-state index contributed by atoms with van der Waals surface area (Å²) in [5, 5.41) is 3.06. The summed E-state index contributed by atoms with van der Waals surface area (Å²) in [6.07, 6.45) is 3.73. The van der Waals surface area contributed by atoms with Crippen molar-refractivity contribution in [1.29, 1.82) is 0 Å². The van der Waals surface area contributed by atoms with Crippen molar-refractivity contribution in [3.05, 3.63) is 30.3 Å². The molecule has 1 amide bonds. The van der Waals surface area contributed by atoms with Gasteiger partial charge in [0.1, 0.15) is 5.54 Å². The third kappa shape index (κ3) is 2.77. The van der Waals surface area contributed by atoms with Gasteiger partial charge in [0, 0.05) is 31.2 Å². The molecule has 5 heterocycles. The molecular weight excluding hydrogens is 340 g/mol. The largest absolute Gasteiger partial charge is 0.339 e. The van der Waals surface area contributed by atoms with Crippen molar-refractivity contribution < 1.29 is 9.59 Å². The van der Waals surface area contributed by atoms with E-state index in [-0.39, 0.29) is 11.9 Å². The molecule has 1 spiro atoms. The maximum Gasteiger partial charge on any atom is 0.247 e. The van der Waals surface area contributed by atoms with Gasteiger partial charge in [-0.05, 0) is 50.9 Å². The summed E-state index contributed by atoms with van der Waals surface area (Å²) >= 11 is 0. The lowest BCUT2D eigenvalue weighted by molar-refractivity contribution is -0.138. The minimum Gasteiger partial charge on any atom is -0.339 e. The molecule has 5 aliphatic heterocycles. The number of para-hydroxylation sites is 1. The number of hydrogen-bond donors (Lipinski definition) is 1. The molecule has 27 heavy (non-hydrogen) atoms. The molecule has 144 valence electrons. The Morgan fingerprint density at radius 2 is 1.70 bits per heavy atom. The highest BCUT2D eigenvalue weighted by Crippen LogP contribution is 2.37. The molecule has 1 unspecified atom stereocenters. The highest BCUT2D eigenvalue weighted by molar-refractivity contribution is 5.93. The zero-order valence-electron chi connectivity index (χ0n) is 15.8. The molecule has 0 saturated carbocycles. The van der Waals surface area contributed by atoms with Gasteiger partial charge in [0.15, 0.2) is 5.78 Å². The fourth-order valence-electron chi connectivity index (χ4n) is 5.54. The number of ketones is 1. The van der Waals surface area contributed by atoms with Crippen LogP contribution in [0.5, 0.6) is 0 Å². The van der Waals surface area contributed by atoms with Gasteiger partial charge in [-0.15, -0.1) is 0 Å². The zero-order chi connectivity index (χ0) is 18.4. The fraction of sp³-hybridized carbons (Fsp3) is 0.619. The van der Waals surface area contributed by atoms with E-state index in [1.165, 1.54) is 0 Å². The van der Waals surface area contributed by atoms with Crippen molar-refractivity contribution in [3.8, 4) is 0 Å². The van der Waals surface area contributed by atoms with E-state index in [2.05, 4.69) is 32.1 Å². The van der Waals surface area contributed by atoms with Crippen LogP contribution in [0.1, 0.15) is 25.7 Å². The first-order chi connectivity index (χ1) is 13.2. The number of nitrogens with one attached hydrogen (secondary N) is 1. The van der Waals surface area contributed by atoms with Crippen LogP contribution in [0, 0.1) is 5.92 Å². The predicted molar refractivity (Wildman–Crippen MR) is 103 cm³/mol. The van der Waals surface area contributed by atoms with E-state index in [0.717, 1.165) is 64.1 Å². The molecular formula is C21H28N4O2. The molecule has 1 N–H and O–H groups in total. The Morgan fingerprint density at radius 1 is 1.00 bits per heavy atom. The maximum absolute atomic E-state index is 12.8. The highest BCUT2D eigenvalue weighted by atomic mass is 16.2. The zero-order valence-corrected chi connectivity index (χ0v) is 15.8. The van der Waals surface area contributed by atoms with E-state index < -0.39 is 5.54 Å². The van der Waals surface area contributed by atoms with Gasteiger partial charge in [0.2, 0.25) is 5.91 Å². The third-order valence-corrected chi connectivity index (χ3v) is 7.22. The molecule has 0 radical (unpaired) electrons. The number of Topliss-reactive ketones (excluding diaryl/α,β-unsaturated/α-hetero) is 1. The molecule has 0 aliphatic carbocycles. The van der Waals surface area contributed by atoms with Crippen LogP contribution in [0.3, 0.4) is 0 Å². The first-order valence-electron chi connectivity index (χ1n) is 10.3. The smallest absolute Gasteiger partial charge is 0.247 e. The molecule has 1 aromatic carbocycles. The quantitative estimate of drug-likeness (QED) is 0.865. The number of rotatable bonds is 3. The number of piperidine rings is 4. The van der Waals surface area contributed by atoms with E-state index in [4.69, 9.17) is 0 Å². The van der Waals surface area contributed by atoms with Gasteiger partial charge in [0.05, 0.1) is 12.7 Å². The summed E-state index contributed by atoms with van der Waals surface area (Å²) in [6.45, 7) is 5.31. The molecule has 1 aromatic rings. The second-order valence-electron chi connectivity index (χ2n) is 8.49. The Bertz CT molecular complexity index is 721. The second-order valence-corrected chi connectivity index (χ2v) is 8.49. The average Bonchev–Trinajstić information content (AvgIpc) is 3.03. The van der Waals surface area contributed by atoms with Crippen molar-refractivity contribution in [2.75, 3.05) is 44.3 Å². The van der Waals surface area contributed by atoms with E-state index in [1.54, 1.807) is 0 Å². The third-order valence-electron chi connectivity index (χ3n) is 7.22. The maximum atomic E-state index is 12.8. The van der Waals surface area contributed by atoms with Crippen LogP contribution in [0.15, 0.2) is 30.3 Å². The summed E-state index contributed by atoms with van der Waals surface area (Å²) in [4.78, 5) is 32.4. The van der Waals surface area contributed by atoms with Crippen LogP contribution in [-0.4, -0.2) is 72.5 Å². The summed E-state index contributed by atoms with van der Waals surface area (Å²) in [7, 11) is 0. The van der Waals surface area contributed by atoms with Gasteiger partial charge in [0.25, 0.3) is 0 Å². The fourth-order valence-corrected chi connectivity index (χ4v) is 5.54. The lowest BCUT2D eigenvalue weighted by atomic mass is 9.81. The number of benzene rings is 1. The summed E-state index contributed by atoms with van der Waals surface area (Å²) in [5.74, 6) is 0.908. The molecule has 2 bridgehead atoms. The molecule has 5 saturated heterocycles. The first kappa shape index (κ1) is 17.2. The Kier molecular flexibility index (Phi) is 4.20. The van der Waals surface area contributed by atoms with Crippen molar-refractivity contribution in [2.24, 2.45) is 5.92 Å². The highest BCUT2D eigenvalue weighted by Gasteiger charge is 2.51. The molecule has 5 aliphatic rings. The van der Waals surface area contributed by atoms with Crippen LogP contribution >= 0.6 is 0 Å². The minimum atomic E-state index is -0.437. The number of likely N-dealkylation sites (tertiary alicyclic amines) is 1. The number of carbonyl (C=O) groups excluding carboxylic acids is 2. The summed E-state index contributed by atoms with van der Waals surface area (Å²) in [6, 6.07) is 10.3. The first-order valence-corrected chi connectivity index (χ1v) is 10.3. The molecule has 6 nitrogen and oxygen atoms in total. The van der Waals surface area contributed by atoms with Gasteiger partial charge in [-0.25, -0.2) is 0 Å². The van der Waals surface area contributed by atoms with Crippen LogP contribution < -0.4 is 10.2 Å². The van der Waals surface area contributed by atoms with Gasteiger partial charge < -0.3 is 15.1 Å². The number of hydrogen-bond acceptors (Lipinski definition) is 5. The van der Waals surface area contributed by atoms with Crippen molar-refractivity contribution in [1.82, 2.24) is 15.1 Å². The Labute approximate surface area is 160 Å². The number of fused-ring (bicyclic) bond motifs is 3. The molecule has 6 rings (SSSR count). The number of amides is 1. The average molecular weight is 368 g/mol. The van der Waals surface area contributed by atoms with E-state index in [9.17, 15) is 9.59 Å². The molecule has 6 heteroatoms. The van der Waals surface area contributed by atoms with Gasteiger partial charge in [-0.1, -0.05) is 18.2 Å². The number of carbonyl (C=O) groups is 2. The molecule has 5 fully saturated rings. The second kappa shape index (κ2) is 6.60. The normalized spacial score (nSPS) is 32.9. The van der Waals surface area contributed by atoms with Gasteiger partial charge >= 0.3 is 0 Å². The van der Waals surface area contributed by atoms with Crippen LogP contribution in [0.25, 0.3) is 0 Å². The van der Waals surface area contributed by atoms with Crippen LogP contribution in [0.4, 0.5) is 5.69 Å². The Hall–Kier alpha value is -1.92. The standard InChI is InChI=1S/C21H28N4O2/c26-19-16-6-10-24(11-7-16)18(19)14-23-12-8-21(9-13-23)20(27)22-15-25(21)17-4-2-1-3-5-17/h1-5,16,18H,6-15H2,(H,22,27). The van der Waals surface area contributed by atoms with Crippen LogP contribution in [0.2, 0.25) is 0 Å². The van der Waals surface area contributed by atoms with E-state index in [1.807, 2.05) is 18.2 Å². The lowest BCUT2D eigenvalue weighted by Gasteiger charge is -2.48. The molecule has 0 aromatic heterocycles. The number of nitrogens with zero attached hydrogens (tertiary/aromatic N) is 3. The SMILES string of the molecule is O=C1C2CCN(CC2)C1CN1CCC2(CC1)C(=O)NCN2c1ccccc1. The minimum absolute atomic E-state index is 0.0779. The van der Waals surface area contributed by atoms with Crippen molar-refractivity contribution in [2.45, 2.75) is 37.3 Å². The summed E-state index contributed by atoms with van der Waals surface area (Å²) in [5.41, 5.74) is 0.670. The predicted octanol–water partition coefficient (Wildman–Crippen LogP) is 1.08. The number of anilines is 1. The molecule has 1 atom stereocenters. The van der Waals surface area contributed by atoms with Crippen LogP contribution in [-0.2, 0) is 9.59 Å². The lowest BCUT2D eigenvalue weighted by Crippen LogP contribution is -2.62. The van der Waals surface area contributed by atoms with Crippen molar-refractivity contribution >= 4 is 17.4 Å². The van der Waals surface area contributed by atoms with E-state index in [0.29, 0.717) is 18.4 Å². The Morgan fingerprint density at radius 3 is 2.37 bits per heavy atom. The van der Waals surface area contributed by atoms with Gasteiger partial charge in [-0.2, -0.15) is 0 Å². The monoisotopic (exact) mass is 368 g/mol. The van der Waals surface area contributed by atoms with E-state index >= 15 is 0 Å². The Balaban J connectivity index is 1.28.